The van der Waals surface area contributed by atoms with Crippen LogP contribution >= 0.6 is 51.2 Å². The molecule has 1 aromatic heterocycles. The van der Waals surface area contributed by atoms with Gasteiger partial charge in [-0.25, -0.2) is 4.98 Å². The van der Waals surface area contributed by atoms with Crippen molar-refractivity contribution in [2.24, 2.45) is 0 Å². The molecule has 1 unspecified atom stereocenters. The molecule has 3 aromatic carbocycles. The summed E-state index contributed by atoms with van der Waals surface area (Å²) in [6, 6.07) is 23.2. The van der Waals surface area contributed by atoms with Crippen LogP contribution in [-0.2, 0) is 4.79 Å². The number of carbonyl (C=O) groups is 1. The molecule has 0 aliphatic rings. The Morgan fingerprint density at radius 2 is 1.83 bits per heavy atom. The topological polar surface area (TPSA) is 75.3 Å². The summed E-state index contributed by atoms with van der Waals surface area (Å²) in [6.45, 7) is 1.87. The molecule has 0 radical (unpaired) electrons. The van der Waals surface area contributed by atoms with Crippen molar-refractivity contribution in [2.45, 2.75) is 17.1 Å². The molecule has 0 aliphatic heterocycles. The van der Waals surface area contributed by atoms with Crippen molar-refractivity contribution in [3.63, 3.8) is 0 Å². The van der Waals surface area contributed by atoms with Gasteiger partial charge in [-0.15, -0.1) is 23.1 Å². The third-order valence-electron chi connectivity index (χ3n) is 5.00. The van der Waals surface area contributed by atoms with E-state index in [1.54, 1.807) is 7.11 Å². The van der Waals surface area contributed by atoms with Crippen molar-refractivity contribution in [3.05, 3.63) is 82.6 Å². The lowest BCUT2D eigenvalue weighted by molar-refractivity contribution is -0.115. The molecule has 1 amide bonds. The third-order valence-corrected chi connectivity index (χ3v) is 7.59. The Morgan fingerprint density at radius 3 is 2.61 bits per heavy atom. The van der Waals surface area contributed by atoms with E-state index in [4.69, 9.17) is 17.0 Å². The predicted molar refractivity (Wildman–Crippen MR) is 158 cm³/mol. The van der Waals surface area contributed by atoms with E-state index in [0.29, 0.717) is 16.0 Å². The minimum absolute atomic E-state index is 0.108. The van der Waals surface area contributed by atoms with Crippen molar-refractivity contribution in [2.75, 3.05) is 23.1 Å². The monoisotopic (exact) mass is 598 g/mol. The molecule has 4 rings (SSSR count). The molecule has 1 heterocycles. The second-order valence-corrected chi connectivity index (χ2v) is 11.2. The van der Waals surface area contributed by atoms with Gasteiger partial charge in [-0.2, -0.15) is 0 Å². The van der Waals surface area contributed by atoms with Crippen LogP contribution in [-0.4, -0.2) is 28.4 Å². The van der Waals surface area contributed by atoms with Crippen molar-refractivity contribution in [1.29, 1.82) is 0 Å². The number of methoxy groups -OCH3 is 1. The van der Waals surface area contributed by atoms with Crippen LogP contribution in [0.25, 0.3) is 11.3 Å². The molecule has 0 saturated carbocycles. The number of halogens is 1. The van der Waals surface area contributed by atoms with Crippen LogP contribution in [0.15, 0.2) is 87.5 Å². The van der Waals surface area contributed by atoms with Gasteiger partial charge in [0.2, 0.25) is 5.91 Å². The Kier molecular flexibility index (Phi) is 8.98. The standard InChI is InChI=1S/C26H23BrN4O2S3/c1-16(24(32)31-26-30-22(15-35-26)17-10-12-18(27)13-11-17)36-20-7-5-6-19(14-20)28-25(34)29-21-8-3-4-9-23(21)33-2/h3-16H,1-2H3,(H2,28,29,34)(H,30,31,32). The largest absolute Gasteiger partial charge is 0.495 e. The Hall–Kier alpha value is -2.92. The SMILES string of the molecule is COc1ccccc1NC(=S)Nc1cccc(SC(C)C(=O)Nc2nc(-c3ccc(Br)cc3)cs2)c1. The summed E-state index contributed by atoms with van der Waals surface area (Å²) in [4.78, 5) is 18.3. The summed E-state index contributed by atoms with van der Waals surface area (Å²) in [5.74, 6) is 0.596. The van der Waals surface area contributed by atoms with E-state index in [-0.39, 0.29) is 11.2 Å². The lowest BCUT2D eigenvalue weighted by Crippen LogP contribution is -2.22. The number of amides is 1. The highest BCUT2D eigenvalue weighted by Gasteiger charge is 2.17. The quantitative estimate of drug-likeness (QED) is 0.143. The molecule has 6 nitrogen and oxygen atoms in total. The first-order chi connectivity index (χ1) is 17.4. The van der Waals surface area contributed by atoms with Gasteiger partial charge in [-0.3, -0.25) is 4.79 Å². The van der Waals surface area contributed by atoms with Crippen LogP contribution in [0.1, 0.15) is 6.92 Å². The van der Waals surface area contributed by atoms with Gasteiger partial charge >= 0.3 is 0 Å². The molecular formula is C26H23BrN4O2S3. The zero-order valence-electron chi connectivity index (χ0n) is 19.4. The van der Waals surface area contributed by atoms with E-state index in [1.807, 2.05) is 85.1 Å². The van der Waals surface area contributed by atoms with Crippen LogP contribution in [0.2, 0.25) is 0 Å². The predicted octanol–water partition coefficient (Wildman–Crippen LogP) is 7.51. The Morgan fingerprint density at radius 1 is 1.06 bits per heavy atom. The summed E-state index contributed by atoms with van der Waals surface area (Å²) in [7, 11) is 1.62. The van der Waals surface area contributed by atoms with Gasteiger partial charge in [-0.05, 0) is 61.6 Å². The molecule has 1 atom stereocenters. The second kappa shape index (κ2) is 12.4. The average Bonchev–Trinajstić information content (AvgIpc) is 3.33. The number of nitrogens with one attached hydrogen (secondary N) is 3. The summed E-state index contributed by atoms with van der Waals surface area (Å²) < 4.78 is 6.36. The highest BCUT2D eigenvalue weighted by atomic mass is 79.9. The first-order valence-corrected chi connectivity index (χ1v) is 13.9. The number of thiocarbonyl (C=S) groups is 1. The molecular weight excluding hydrogens is 576 g/mol. The lowest BCUT2D eigenvalue weighted by atomic mass is 10.2. The van der Waals surface area contributed by atoms with Gasteiger partial charge in [0.05, 0.1) is 23.7 Å². The van der Waals surface area contributed by atoms with E-state index in [0.717, 1.165) is 32.0 Å². The minimum atomic E-state index is -0.320. The van der Waals surface area contributed by atoms with Crippen molar-refractivity contribution in [1.82, 2.24) is 4.98 Å². The molecule has 0 spiro atoms. The number of benzene rings is 3. The van der Waals surface area contributed by atoms with Crippen molar-refractivity contribution >= 4 is 78.8 Å². The molecule has 10 heteroatoms. The number of nitrogens with zero attached hydrogens (tertiary/aromatic N) is 1. The molecule has 0 saturated heterocycles. The fourth-order valence-electron chi connectivity index (χ4n) is 3.23. The second-order valence-electron chi connectivity index (χ2n) is 7.60. The zero-order valence-corrected chi connectivity index (χ0v) is 23.5. The van der Waals surface area contributed by atoms with E-state index in [1.165, 1.54) is 23.1 Å². The molecule has 184 valence electrons. The number of carbonyl (C=O) groups excluding carboxylic acids is 1. The smallest absolute Gasteiger partial charge is 0.239 e. The fourth-order valence-corrected chi connectivity index (χ4v) is 5.37. The van der Waals surface area contributed by atoms with Crippen LogP contribution < -0.4 is 20.7 Å². The van der Waals surface area contributed by atoms with Gasteiger partial charge in [-0.1, -0.05) is 46.3 Å². The third kappa shape index (κ3) is 7.07. The summed E-state index contributed by atoms with van der Waals surface area (Å²) in [5, 5.41) is 11.9. The number of hydrogen-bond donors (Lipinski definition) is 3. The van der Waals surface area contributed by atoms with Crippen LogP contribution in [0.4, 0.5) is 16.5 Å². The fraction of sp³-hybridized carbons (Fsp3) is 0.115. The average molecular weight is 600 g/mol. The molecule has 0 aliphatic carbocycles. The van der Waals surface area contributed by atoms with Gasteiger partial charge in [0, 0.05) is 26.0 Å². The summed E-state index contributed by atoms with van der Waals surface area (Å²) in [5.41, 5.74) is 3.43. The first-order valence-electron chi connectivity index (χ1n) is 10.9. The van der Waals surface area contributed by atoms with Gasteiger partial charge in [0.25, 0.3) is 0 Å². The van der Waals surface area contributed by atoms with Gasteiger partial charge < -0.3 is 20.7 Å². The first kappa shape index (κ1) is 26.2. The van der Waals surface area contributed by atoms with Crippen molar-refractivity contribution in [3.8, 4) is 17.0 Å². The normalized spacial score (nSPS) is 11.4. The number of ether oxygens (including phenoxy) is 1. The minimum Gasteiger partial charge on any atom is -0.495 e. The van der Waals surface area contributed by atoms with Gasteiger partial charge in [0.1, 0.15) is 5.75 Å². The maximum Gasteiger partial charge on any atom is 0.239 e. The molecule has 0 fully saturated rings. The van der Waals surface area contributed by atoms with E-state index < -0.39 is 0 Å². The number of thiazole rings is 1. The van der Waals surface area contributed by atoms with E-state index in [2.05, 4.69) is 36.9 Å². The number of para-hydroxylation sites is 2. The zero-order chi connectivity index (χ0) is 25.5. The summed E-state index contributed by atoms with van der Waals surface area (Å²) in [6.07, 6.45) is 0. The Labute approximate surface area is 232 Å². The molecule has 36 heavy (non-hydrogen) atoms. The van der Waals surface area contributed by atoms with E-state index >= 15 is 0 Å². The number of aromatic nitrogens is 1. The van der Waals surface area contributed by atoms with Crippen LogP contribution in [0.3, 0.4) is 0 Å². The number of anilines is 3. The summed E-state index contributed by atoms with van der Waals surface area (Å²) >= 11 is 11.8. The maximum atomic E-state index is 12.8. The molecule has 4 aromatic rings. The van der Waals surface area contributed by atoms with Gasteiger partial charge in [0.15, 0.2) is 10.2 Å². The highest BCUT2D eigenvalue weighted by molar-refractivity contribution is 9.10. The van der Waals surface area contributed by atoms with Crippen molar-refractivity contribution < 1.29 is 9.53 Å². The number of thioether (sulfide) groups is 1. The Bertz CT molecular complexity index is 1360. The van der Waals surface area contributed by atoms with Crippen LogP contribution in [0, 0.1) is 0 Å². The molecule has 3 N–H and O–H groups in total. The Balaban J connectivity index is 1.33. The number of rotatable bonds is 8. The lowest BCUT2D eigenvalue weighted by Gasteiger charge is -2.14. The molecule has 0 bridgehead atoms. The van der Waals surface area contributed by atoms with E-state index in [9.17, 15) is 4.79 Å². The van der Waals surface area contributed by atoms with Crippen LogP contribution in [0.5, 0.6) is 5.75 Å². The number of hydrogen-bond acceptors (Lipinski definition) is 6. The highest BCUT2D eigenvalue weighted by Crippen LogP contribution is 2.29. The maximum absolute atomic E-state index is 12.8.